The van der Waals surface area contributed by atoms with E-state index < -0.39 is 17.9 Å². The number of hydrogen-bond acceptors (Lipinski definition) is 11. The lowest BCUT2D eigenvalue weighted by atomic mass is 9.99. The van der Waals surface area contributed by atoms with E-state index in [4.69, 9.17) is 24.9 Å². The van der Waals surface area contributed by atoms with Crippen LogP contribution in [0.25, 0.3) is 0 Å². The molecule has 72 heavy (non-hydrogen) atoms. The van der Waals surface area contributed by atoms with E-state index in [1.54, 1.807) is 45.2 Å². The summed E-state index contributed by atoms with van der Waals surface area (Å²) in [4.78, 5) is 87.7. The predicted octanol–water partition coefficient (Wildman–Crippen LogP) is 8.09. The second kappa shape index (κ2) is 21.4. The van der Waals surface area contributed by atoms with Crippen molar-refractivity contribution in [1.29, 1.82) is 0 Å². The van der Waals surface area contributed by atoms with E-state index in [2.05, 4.69) is 16.7 Å². The maximum Gasteiger partial charge on any atom is 0.261 e. The van der Waals surface area contributed by atoms with Crippen LogP contribution in [0.1, 0.15) is 106 Å². The van der Waals surface area contributed by atoms with Crippen molar-refractivity contribution in [2.24, 2.45) is 16.6 Å². The van der Waals surface area contributed by atoms with Gasteiger partial charge in [0.25, 0.3) is 11.8 Å². The zero-order chi connectivity index (χ0) is 50.6. The van der Waals surface area contributed by atoms with Crippen molar-refractivity contribution in [3.05, 3.63) is 136 Å². The summed E-state index contributed by atoms with van der Waals surface area (Å²) >= 11 is 0. The first kappa shape index (κ1) is 49.3. The molecule has 5 aromatic rings. The number of amides is 4. The molecule has 0 spiro atoms. The smallest absolute Gasteiger partial charge is 0.261 e. The summed E-state index contributed by atoms with van der Waals surface area (Å²) < 4.78 is 18.8. The van der Waals surface area contributed by atoms with Gasteiger partial charge in [-0.25, -0.2) is 0 Å². The predicted molar refractivity (Wildman–Crippen MR) is 275 cm³/mol. The standard InChI is InChI=1S/C57H60N6O9/c1-33-19-46-47(59-30-43-25-40-12-6-9-15-49(40)63(43)57(46)69)28-51(33)71-31-36-21-37(23-41(22-36)61-55(67)34(2)20-50(65)35(3)60-54(66)16-10-7-13-44(64)29-58)32-72-53-26-38-17-18-42-24-39-11-5-8-14-48(39)62(42)56(68)45(38)27-52(53)70-4/h5-6,8-9,11-12,14-15,19,21-23,26-28,30,34-35,42-43H,7,10,13,16-18,20,24-25,29,31-32,58H2,1-4H3,(H,60,66)(H,61,67)/t34-,35+,42-,43+/m1/s1. The summed E-state index contributed by atoms with van der Waals surface area (Å²) in [5.74, 6) is -0.587. The molecule has 0 fully saturated rings. The Morgan fingerprint density at radius 2 is 1.43 bits per heavy atom. The highest BCUT2D eigenvalue weighted by Crippen LogP contribution is 2.42. The van der Waals surface area contributed by atoms with Crippen LogP contribution in [0.15, 0.2) is 96.0 Å². The Balaban J connectivity index is 0.921. The van der Waals surface area contributed by atoms with Gasteiger partial charge in [0.05, 0.1) is 37.0 Å². The number of carbonyl (C=O) groups excluding carboxylic acids is 6. The molecule has 15 nitrogen and oxygen atoms in total. The maximum absolute atomic E-state index is 14.1. The molecule has 0 unspecified atom stereocenters. The number of anilines is 3. The number of ether oxygens (including phenoxy) is 3. The third-order valence-electron chi connectivity index (χ3n) is 14.1. The molecule has 0 bridgehead atoms. The molecule has 372 valence electrons. The molecule has 0 aliphatic carbocycles. The number of methoxy groups -OCH3 is 1. The van der Waals surface area contributed by atoms with Crippen molar-refractivity contribution in [1.82, 2.24) is 5.32 Å². The highest BCUT2D eigenvalue weighted by atomic mass is 16.5. The lowest BCUT2D eigenvalue weighted by Gasteiger charge is -2.23. The second-order valence-electron chi connectivity index (χ2n) is 19.3. The monoisotopic (exact) mass is 972 g/mol. The zero-order valence-electron chi connectivity index (χ0n) is 41.1. The molecule has 5 aromatic carbocycles. The fraction of sp³-hybridized carbons (Fsp3) is 0.351. The van der Waals surface area contributed by atoms with Crippen LogP contribution in [0.3, 0.4) is 0 Å². The van der Waals surface area contributed by atoms with Gasteiger partial charge in [0.2, 0.25) is 11.8 Å². The molecule has 4 aliphatic rings. The highest BCUT2D eigenvalue weighted by Gasteiger charge is 2.38. The molecule has 15 heteroatoms. The Morgan fingerprint density at radius 1 is 0.764 bits per heavy atom. The second-order valence-corrected chi connectivity index (χ2v) is 19.3. The molecule has 4 aliphatic heterocycles. The van der Waals surface area contributed by atoms with Gasteiger partial charge in [-0.3, -0.25) is 38.7 Å². The van der Waals surface area contributed by atoms with Crippen molar-refractivity contribution in [3.8, 4) is 17.2 Å². The van der Waals surface area contributed by atoms with Gasteiger partial charge in [-0.2, -0.15) is 0 Å². The number of benzene rings is 5. The number of unbranched alkanes of at least 4 members (excludes halogenated alkanes) is 1. The molecular weight excluding hydrogens is 913 g/mol. The van der Waals surface area contributed by atoms with Crippen LogP contribution in [-0.4, -0.2) is 73.2 Å². The van der Waals surface area contributed by atoms with Gasteiger partial charge in [-0.15, -0.1) is 0 Å². The molecule has 4 amide bonds. The highest BCUT2D eigenvalue weighted by molar-refractivity contribution is 6.15. The van der Waals surface area contributed by atoms with Gasteiger partial charge in [-0.1, -0.05) is 43.3 Å². The van der Waals surface area contributed by atoms with E-state index in [1.165, 1.54) is 5.56 Å². The van der Waals surface area contributed by atoms with E-state index >= 15 is 0 Å². The number of aryl methyl sites for hydroxylation is 2. The molecule has 0 radical (unpaired) electrons. The fourth-order valence-corrected chi connectivity index (χ4v) is 10.2. The summed E-state index contributed by atoms with van der Waals surface area (Å²) in [5.41, 5.74) is 14.5. The summed E-state index contributed by atoms with van der Waals surface area (Å²) in [7, 11) is 1.54. The molecular formula is C57H60N6O9. The number of para-hydroxylation sites is 2. The van der Waals surface area contributed by atoms with Gasteiger partial charge in [-0.05, 0) is 128 Å². The first-order chi connectivity index (χ1) is 34.8. The van der Waals surface area contributed by atoms with E-state index in [9.17, 15) is 28.8 Å². The molecule has 0 saturated carbocycles. The Labute approximate surface area is 419 Å². The zero-order valence-corrected chi connectivity index (χ0v) is 41.1. The number of rotatable bonds is 19. The fourth-order valence-electron chi connectivity index (χ4n) is 10.2. The van der Waals surface area contributed by atoms with Crippen molar-refractivity contribution in [3.63, 3.8) is 0 Å². The molecule has 4 N–H and O–H groups in total. The largest absolute Gasteiger partial charge is 0.493 e. The minimum atomic E-state index is -0.811. The average Bonchev–Trinajstić information content (AvgIpc) is 3.87. The van der Waals surface area contributed by atoms with E-state index in [0.717, 1.165) is 40.9 Å². The minimum Gasteiger partial charge on any atom is -0.493 e. The number of nitrogens with two attached hydrogens (primary N) is 1. The van der Waals surface area contributed by atoms with Gasteiger partial charge >= 0.3 is 0 Å². The van der Waals surface area contributed by atoms with Crippen molar-refractivity contribution >= 4 is 64.2 Å². The van der Waals surface area contributed by atoms with E-state index in [-0.39, 0.29) is 74.0 Å². The van der Waals surface area contributed by atoms with Crippen molar-refractivity contribution in [2.75, 3.05) is 28.8 Å². The Kier molecular flexibility index (Phi) is 14.6. The van der Waals surface area contributed by atoms with E-state index in [0.29, 0.717) is 83.0 Å². The maximum atomic E-state index is 14.1. The third kappa shape index (κ3) is 10.5. The summed E-state index contributed by atoms with van der Waals surface area (Å²) in [6.45, 7) is 5.24. The normalized spacial score (nSPS) is 17.0. The van der Waals surface area contributed by atoms with Gasteiger partial charge < -0.3 is 35.5 Å². The average molecular weight is 973 g/mol. The molecule has 0 aromatic heterocycles. The van der Waals surface area contributed by atoms with Crippen LogP contribution in [-0.2, 0) is 51.7 Å². The van der Waals surface area contributed by atoms with Gasteiger partial charge in [0, 0.05) is 72.5 Å². The Morgan fingerprint density at radius 3 is 2.15 bits per heavy atom. The van der Waals surface area contributed by atoms with E-state index in [1.807, 2.05) is 83.6 Å². The SMILES string of the molecule is COc1cc2c(cc1OCc1cc(COc3cc4c(cc3C)C(=O)N3c5ccccc5C[C@H]3C=N4)cc(NC(=O)[C@H](C)CC(=O)[C@H](C)NC(=O)CCCCC(=O)CN)c1)CC[C@@H]1Cc3ccccc3N1C2=O. The van der Waals surface area contributed by atoms with Crippen molar-refractivity contribution in [2.45, 2.75) is 110 Å². The topological polar surface area (TPSA) is 199 Å². The van der Waals surface area contributed by atoms with Crippen LogP contribution in [0, 0.1) is 12.8 Å². The third-order valence-corrected chi connectivity index (χ3v) is 14.1. The van der Waals surface area contributed by atoms with Crippen molar-refractivity contribution < 1.29 is 43.0 Å². The summed E-state index contributed by atoms with van der Waals surface area (Å²) in [6.07, 6.45) is 6.16. The van der Waals surface area contributed by atoms with Gasteiger partial charge in [0.1, 0.15) is 24.7 Å². The number of nitrogens with zero attached hydrogens (tertiary/aromatic N) is 3. The molecule has 4 heterocycles. The number of ketones is 2. The minimum absolute atomic E-state index is 0.0295. The van der Waals surface area contributed by atoms with Crippen LogP contribution < -0.4 is 40.4 Å². The lowest BCUT2D eigenvalue weighted by Crippen LogP contribution is -2.39. The first-order valence-corrected chi connectivity index (χ1v) is 24.7. The Hall–Kier alpha value is -7.65. The number of hydrogen-bond donors (Lipinski definition) is 3. The lowest BCUT2D eigenvalue weighted by molar-refractivity contribution is -0.129. The Bertz CT molecular complexity index is 3000. The first-order valence-electron chi connectivity index (χ1n) is 24.7. The number of fused-ring (bicyclic) bond motifs is 8. The van der Waals surface area contributed by atoms with Crippen LogP contribution >= 0.6 is 0 Å². The van der Waals surface area contributed by atoms with Crippen LogP contribution in [0.4, 0.5) is 22.7 Å². The number of nitrogens with one attached hydrogen (secondary N) is 2. The van der Waals surface area contributed by atoms with Crippen LogP contribution in [0.2, 0.25) is 0 Å². The molecule has 9 rings (SSSR count). The number of Topliss-reactive ketones (excluding diaryl/α,β-unsaturated/α-hetero) is 2. The quantitative estimate of drug-likeness (QED) is 0.0680. The van der Waals surface area contributed by atoms with Gasteiger partial charge in [0.15, 0.2) is 17.3 Å². The summed E-state index contributed by atoms with van der Waals surface area (Å²) in [5, 5.41) is 5.71. The number of carbonyl (C=O) groups is 6. The number of aliphatic imine (C=N–C) groups is 1. The van der Waals surface area contributed by atoms with Crippen LogP contribution in [0.5, 0.6) is 17.2 Å². The molecule has 4 atom stereocenters. The summed E-state index contributed by atoms with van der Waals surface area (Å²) in [6, 6.07) is 27.8. The molecule has 0 saturated heterocycles.